The lowest BCUT2D eigenvalue weighted by Gasteiger charge is -2.69. The molecule has 2 unspecified atom stereocenters. The van der Waals surface area contributed by atoms with Gasteiger partial charge in [0.1, 0.15) is 24.4 Å². The first kappa shape index (κ1) is 26.4. The molecule has 0 aromatic rings. The Kier molecular flexibility index (Phi) is 6.76. The molecule has 202 valence electrons. The molecule has 4 fully saturated rings. The summed E-state index contributed by atoms with van der Waals surface area (Å²) in [5.74, 6) is -0.968. The molecular weight excluding hydrogens is 476 g/mol. The molecule has 6 rings (SSSR count). The molecule has 3 aliphatic carbocycles. The fourth-order valence-corrected chi connectivity index (χ4v) is 7.42. The predicted molar refractivity (Wildman–Crippen MR) is 134 cm³/mol. The lowest BCUT2D eigenvalue weighted by molar-refractivity contribution is -0.343. The first-order valence-electron chi connectivity index (χ1n) is 13.3. The summed E-state index contributed by atoms with van der Waals surface area (Å²) in [4.78, 5) is 25.8. The lowest BCUT2D eigenvalue weighted by Crippen LogP contribution is -2.77. The van der Waals surface area contributed by atoms with Crippen molar-refractivity contribution >= 4 is 11.9 Å². The molecule has 6 aliphatic rings. The number of carbonyl (C=O) groups excluding carboxylic acids is 2. The fraction of sp³-hybridized carbons (Fsp3) is 0.655. The molecule has 37 heavy (non-hydrogen) atoms. The van der Waals surface area contributed by atoms with Crippen LogP contribution in [0, 0.1) is 16.7 Å². The second-order valence-electron chi connectivity index (χ2n) is 11.6. The smallest absolute Gasteiger partial charge is 0.331 e. The normalized spacial score (nSPS) is 47.9. The Balaban J connectivity index is 1.52. The van der Waals surface area contributed by atoms with Crippen molar-refractivity contribution < 1.29 is 38.7 Å². The van der Waals surface area contributed by atoms with Gasteiger partial charge in [-0.2, -0.15) is 0 Å². The van der Waals surface area contributed by atoms with Crippen molar-refractivity contribution in [2.45, 2.75) is 89.5 Å². The van der Waals surface area contributed by atoms with Crippen molar-refractivity contribution in [1.29, 1.82) is 0 Å². The summed E-state index contributed by atoms with van der Waals surface area (Å²) in [5.41, 5.74) is -0.833. The maximum atomic E-state index is 12.9. The van der Waals surface area contributed by atoms with Crippen molar-refractivity contribution in [3.63, 3.8) is 0 Å². The number of hydrogen-bond acceptors (Lipinski definition) is 8. The van der Waals surface area contributed by atoms with Gasteiger partial charge in [-0.05, 0) is 40.0 Å². The van der Waals surface area contributed by atoms with E-state index in [1.54, 1.807) is 25.2 Å². The summed E-state index contributed by atoms with van der Waals surface area (Å²) in [6.45, 7) is 7.87. The molecule has 8 nitrogen and oxygen atoms in total. The first-order valence-corrected chi connectivity index (χ1v) is 13.3. The second kappa shape index (κ2) is 9.49. The summed E-state index contributed by atoms with van der Waals surface area (Å²) in [7, 11) is 0. The molecule has 3 aliphatic heterocycles. The summed E-state index contributed by atoms with van der Waals surface area (Å²) in [6, 6.07) is 0. The van der Waals surface area contributed by atoms with E-state index in [0.717, 1.165) is 5.57 Å². The monoisotopic (exact) mass is 514 g/mol. The summed E-state index contributed by atoms with van der Waals surface area (Å²) < 4.78 is 24.2. The number of aliphatic hydroxyl groups is 2. The molecule has 2 N–H and O–H groups in total. The van der Waals surface area contributed by atoms with Crippen molar-refractivity contribution in [3.8, 4) is 0 Å². The number of cyclic esters (lactones) is 1. The number of aliphatic hydroxyl groups excluding tert-OH is 1. The Morgan fingerprint density at radius 1 is 1.14 bits per heavy atom. The Labute approximate surface area is 218 Å². The highest BCUT2D eigenvalue weighted by Crippen LogP contribution is 2.73. The highest BCUT2D eigenvalue weighted by molar-refractivity contribution is 5.83. The van der Waals surface area contributed by atoms with Gasteiger partial charge < -0.3 is 29.2 Å². The number of ether oxygens (including phenoxy) is 4. The third-order valence-electron chi connectivity index (χ3n) is 9.68. The van der Waals surface area contributed by atoms with Gasteiger partial charge in [-0.3, -0.25) is 0 Å². The van der Waals surface area contributed by atoms with Crippen molar-refractivity contribution in [2.24, 2.45) is 16.7 Å². The van der Waals surface area contributed by atoms with Gasteiger partial charge in [-0.1, -0.05) is 42.4 Å². The largest absolute Gasteiger partial charge is 0.462 e. The molecule has 6 bridgehead atoms. The molecule has 8 heteroatoms. The minimum absolute atomic E-state index is 0.0235. The minimum atomic E-state index is -1.21. The van der Waals surface area contributed by atoms with Crippen LogP contribution in [0.1, 0.15) is 53.4 Å². The van der Waals surface area contributed by atoms with E-state index >= 15 is 0 Å². The van der Waals surface area contributed by atoms with Crippen LogP contribution in [0.5, 0.6) is 0 Å². The number of carbonyl (C=O) groups is 2. The molecule has 2 saturated heterocycles. The van der Waals surface area contributed by atoms with Gasteiger partial charge >= 0.3 is 11.9 Å². The quantitative estimate of drug-likeness (QED) is 0.406. The van der Waals surface area contributed by atoms with E-state index in [4.69, 9.17) is 18.9 Å². The van der Waals surface area contributed by atoms with Gasteiger partial charge in [0.25, 0.3) is 0 Å². The highest BCUT2D eigenvalue weighted by atomic mass is 16.6. The van der Waals surface area contributed by atoms with Crippen LogP contribution in [0.4, 0.5) is 0 Å². The lowest BCUT2D eigenvalue weighted by atomic mass is 9.42. The molecular formula is C29H38O8. The maximum Gasteiger partial charge on any atom is 0.331 e. The van der Waals surface area contributed by atoms with Crippen LogP contribution in [0.2, 0.25) is 0 Å². The van der Waals surface area contributed by atoms with E-state index in [1.807, 2.05) is 13.8 Å². The summed E-state index contributed by atoms with van der Waals surface area (Å²) >= 11 is 0. The van der Waals surface area contributed by atoms with Crippen LogP contribution in [-0.4, -0.2) is 71.5 Å². The van der Waals surface area contributed by atoms with Crippen molar-refractivity contribution in [3.05, 3.63) is 47.6 Å². The van der Waals surface area contributed by atoms with Crippen molar-refractivity contribution in [2.75, 3.05) is 13.2 Å². The van der Waals surface area contributed by atoms with Crippen LogP contribution >= 0.6 is 0 Å². The summed E-state index contributed by atoms with van der Waals surface area (Å²) in [6.07, 6.45) is 9.22. The zero-order valence-electron chi connectivity index (χ0n) is 22.0. The third kappa shape index (κ3) is 4.04. The fourth-order valence-electron chi connectivity index (χ4n) is 7.42. The van der Waals surface area contributed by atoms with Crippen LogP contribution in [0.3, 0.4) is 0 Å². The van der Waals surface area contributed by atoms with E-state index in [-0.39, 0.29) is 18.6 Å². The Hall–Kier alpha value is -2.26. The van der Waals surface area contributed by atoms with Gasteiger partial charge in [-0.15, -0.1) is 0 Å². The van der Waals surface area contributed by atoms with Gasteiger partial charge in [0.15, 0.2) is 0 Å². The molecule has 9 atom stereocenters. The van der Waals surface area contributed by atoms with E-state index in [1.165, 1.54) is 17.7 Å². The van der Waals surface area contributed by atoms with Gasteiger partial charge in [-0.25, -0.2) is 9.59 Å². The minimum Gasteiger partial charge on any atom is -0.462 e. The van der Waals surface area contributed by atoms with Crippen LogP contribution in [0.25, 0.3) is 0 Å². The zero-order chi connectivity index (χ0) is 26.6. The van der Waals surface area contributed by atoms with Crippen LogP contribution in [0.15, 0.2) is 47.6 Å². The molecule has 0 aromatic carbocycles. The molecule has 0 aromatic heterocycles. The van der Waals surface area contributed by atoms with E-state index in [2.05, 4.69) is 13.0 Å². The van der Waals surface area contributed by atoms with Crippen molar-refractivity contribution in [1.82, 2.24) is 0 Å². The maximum absolute atomic E-state index is 12.9. The van der Waals surface area contributed by atoms with E-state index in [9.17, 15) is 19.8 Å². The SMILES string of the molecule is CC1=CC[C@@]23COC(=O)/C=C(\C)CCO[C@@H]([C@@H](C)O)/C=C/C=C\C(=O)O[C@@H]4C[C@H]5O[C@@H]2C1CC5(O)[C@]43C. The molecule has 0 amide bonds. The van der Waals surface area contributed by atoms with Crippen LogP contribution < -0.4 is 0 Å². The number of rotatable bonds is 1. The molecule has 3 heterocycles. The average Bonchev–Trinajstić information content (AvgIpc) is 2.98. The standard InChI is InChI=1S/C29H38O8/c1-17-10-12-34-21(19(3)30)7-5-6-8-24(31)36-22-14-23-29(33)15-20-18(2)9-11-28(26(20)37-23,27(22,29)4)16-35-25(32)13-17/h5-9,13,19-23,26,30,33H,10-12,14-16H2,1-4H3/b7-5+,8-6-,17-13+/t19-,20?,21-,22-,23-,26-,27-,28-,29?/m1/s1. The van der Waals surface area contributed by atoms with Crippen LogP contribution in [-0.2, 0) is 28.5 Å². The predicted octanol–water partition coefficient (Wildman–Crippen LogP) is 2.93. The number of hydrogen-bond donors (Lipinski definition) is 2. The molecule has 2 saturated carbocycles. The summed E-state index contributed by atoms with van der Waals surface area (Å²) in [5, 5.41) is 22.2. The third-order valence-corrected chi connectivity index (χ3v) is 9.68. The topological polar surface area (TPSA) is 112 Å². The Morgan fingerprint density at radius 2 is 1.92 bits per heavy atom. The van der Waals surface area contributed by atoms with E-state index in [0.29, 0.717) is 32.3 Å². The van der Waals surface area contributed by atoms with Gasteiger partial charge in [0, 0.05) is 35.3 Å². The Bertz CT molecular complexity index is 1070. The van der Waals surface area contributed by atoms with Gasteiger partial charge in [0.05, 0.1) is 24.9 Å². The van der Waals surface area contributed by atoms with Gasteiger partial charge in [0.2, 0.25) is 0 Å². The molecule has 0 radical (unpaired) electrons. The molecule has 1 spiro atoms. The average molecular weight is 515 g/mol. The Morgan fingerprint density at radius 3 is 2.68 bits per heavy atom. The number of allylic oxidation sites excluding steroid dienone is 3. The number of esters is 2. The first-order chi connectivity index (χ1) is 17.5. The highest BCUT2D eigenvalue weighted by Gasteiger charge is 2.82. The van der Waals surface area contributed by atoms with E-state index < -0.39 is 52.8 Å². The second-order valence-corrected chi connectivity index (χ2v) is 11.6. The zero-order valence-corrected chi connectivity index (χ0v) is 22.0.